The Morgan fingerprint density at radius 1 is 1.19 bits per heavy atom. The molecule has 1 unspecified atom stereocenters. The van der Waals surface area contributed by atoms with Gasteiger partial charge in [-0.05, 0) is 37.1 Å². The SMILES string of the molecule is C[C@H]1CCC[NH+](CC(=O)N2CCN(S(=O)(=O)c3ccc(Cl)cc3)CC2)C1. The number of hydrogen-bond donors (Lipinski definition) is 1. The van der Waals surface area contributed by atoms with Crippen molar-refractivity contribution in [3.63, 3.8) is 0 Å². The Morgan fingerprint density at radius 3 is 2.46 bits per heavy atom. The molecule has 8 heteroatoms. The van der Waals surface area contributed by atoms with Crippen LogP contribution in [0.15, 0.2) is 29.2 Å². The van der Waals surface area contributed by atoms with Crippen molar-refractivity contribution in [2.75, 3.05) is 45.8 Å². The monoisotopic (exact) mass is 400 g/mol. The summed E-state index contributed by atoms with van der Waals surface area (Å²) in [5.74, 6) is 0.811. The number of benzene rings is 1. The average Bonchev–Trinajstić information content (AvgIpc) is 2.62. The van der Waals surface area contributed by atoms with Gasteiger partial charge in [0.1, 0.15) is 0 Å². The van der Waals surface area contributed by atoms with E-state index in [1.807, 2.05) is 0 Å². The van der Waals surface area contributed by atoms with Crippen LogP contribution in [0.4, 0.5) is 0 Å². The lowest BCUT2D eigenvalue weighted by Crippen LogP contribution is -3.14. The van der Waals surface area contributed by atoms with Gasteiger partial charge in [-0.2, -0.15) is 4.31 Å². The van der Waals surface area contributed by atoms with Crippen molar-refractivity contribution in [1.82, 2.24) is 9.21 Å². The molecule has 1 N–H and O–H groups in total. The number of carbonyl (C=O) groups excluding carboxylic acids is 1. The molecule has 144 valence electrons. The Balaban J connectivity index is 1.55. The zero-order valence-electron chi connectivity index (χ0n) is 15.2. The molecule has 2 aliphatic rings. The Hall–Kier alpha value is -1.15. The first-order chi connectivity index (χ1) is 12.4. The van der Waals surface area contributed by atoms with Gasteiger partial charge in [0.2, 0.25) is 10.0 Å². The van der Waals surface area contributed by atoms with Crippen molar-refractivity contribution < 1.29 is 18.1 Å². The van der Waals surface area contributed by atoms with Gasteiger partial charge in [0.05, 0.1) is 18.0 Å². The zero-order chi connectivity index (χ0) is 18.7. The summed E-state index contributed by atoms with van der Waals surface area (Å²) in [6, 6.07) is 6.21. The Kier molecular flexibility index (Phi) is 6.22. The number of sulfonamides is 1. The highest BCUT2D eigenvalue weighted by Gasteiger charge is 2.31. The van der Waals surface area contributed by atoms with Crippen LogP contribution in [-0.4, -0.2) is 69.3 Å². The van der Waals surface area contributed by atoms with Gasteiger partial charge in [0.15, 0.2) is 6.54 Å². The maximum Gasteiger partial charge on any atom is 0.277 e. The van der Waals surface area contributed by atoms with Crippen molar-refractivity contribution in [3.05, 3.63) is 29.3 Å². The number of rotatable bonds is 4. The number of nitrogens with zero attached hydrogens (tertiary/aromatic N) is 2. The summed E-state index contributed by atoms with van der Waals surface area (Å²) in [4.78, 5) is 16.0. The van der Waals surface area contributed by atoms with E-state index in [0.717, 1.165) is 13.1 Å². The van der Waals surface area contributed by atoms with Gasteiger partial charge < -0.3 is 9.80 Å². The van der Waals surface area contributed by atoms with Crippen LogP contribution in [0.2, 0.25) is 5.02 Å². The second-order valence-corrected chi connectivity index (χ2v) is 9.74. The molecule has 2 atom stereocenters. The van der Waals surface area contributed by atoms with Crippen molar-refractivity contribution >= 4 is 27.5 Å². The number of piperidine rings is 1. The Labute approximate surface area is 160 Å². The number of nitrogens with one attached hydrogen (secondary N) is 1. The van der Waals surface area contributed by atoms with Gasteiger partial charge >= 0.3 is 0 Å². The summed E-state index contributed by atoms with van der Waals surface area (Å²) in [6.45, 7) is 6.45. The van der Waals surface area contributed by atoms with E-state index in [1.165, 1.54) is 34.2 Å². The molecule has 1 amide bonds. The van der Waals surface area contributed by atoms with Crippen LogP contribution < -0.4 is 4.90 Å². The molecular formula is C18H27ClN3O3S+. The third-order valence-electron chi connectivity index (χ3n) is 5.31. The maximum atomic E-state index is 12.7. The van der Waals surface area contributed by atoms with Crippen LogP contribution >= 0.6 is 11.6 Å². The molecule has 2 fully saturated rings. The first kappa shape index (κ1) is 19.6. The molecule has 2 aliphatic heterocycles. The lowest BCUT2D eigenvalue weighted by atomic mass is 10.0. The predicted molar refractivity (Wildman–Crippen MR) is 101 cm³/mol. The Bertz CT molecular complexity index is 731. The van der Waals surface area contributed by atoms with Crippen molar-refractivity contribution in [3.8, 4) is 0 Å². The molecule has 26 heavy (non-hydrogen) atoms. The summed E-state index contributed by atoms with van der Waals surface area (Å²) in [5.41, 5.74) is 0. The summed E-state index contributed by atoms with van der Waals surface area (Å²) in [6.07, 6.45) is 2.43. The highest BCUT2D eigenvalue weighted by atomic mass is 35.5. The van der Waals surface area contributed by atoms with Gasteiger partial charge in [0.25, 0.3) is 5.91 Å². The molecule has 0 spiro atoms. The van der Waals surface area contributed by atoms with Crippen LogP contribution in [0, 0.1) is 5.92 Å². The predicted octanol–water partition coefficient (Wildman–Crippen LogP) is 0.488. The average molecular weight is 401 g/mol. The van der Waals surface area contributed by atoms with E-state index >= 15 is 0 Å². The molecule has 1 aromatic carbocycles. The fourth-order valence-corrected chi connectivity index (χ4v) is 5.37. The molecular weight excluding hydrogens is 374 g/mol. The lowest BCUT2D eigenvalue weighted by Gasteiger charge is -2.35. The second kappa shape index (κ2) is 8.25. The zero-order valence-corrected chi connectivity index (χ0v) is 16.7. The normalized spacial score (nSPS) is 25.2. The molecule has 0 saturated carbocycles. The maximum absolute atomic E-state index is 12.7. The minimum Gasteiger partial charge on any atom is -0.335 e. The minimum atomic E-state index is -3.53. The van der Waals surface area contributed by atoms with E-state index in [9.17, 15) is 13.2 Å². The van der Waals surface area contributed by atoms with Crippen LogP contribution in [0.3, 0.4) is 0 Å². The molecule has 6 nitrogen and oxygen atoms in total. The molecule has 3 rings (SSSR count). The van der Waals surface area contributed by atoms with Gasteiger partial charge in [-0.15, -0.1) is 0 Å². The highest BCUT2D eigenvalue weighted by Crippen LogP contribution is 2.19. The molecule has 0 aliphatic carbocycles. The smallest absolute Gasteiger partial charge is 0.277 e. The second-order valence-electron chi connectivity index (χ2n) is 7.37. The van der Waals surface area contributed by atoms with Gasteiger partial charge in [-0.3, -0.25) is 4.79 Å². The van der Waals surface area contributed by atoms with E-state index in [2.05, 4.69) is 6.92 Å². The topological polar surface area (TPSA) is 62.1 Å². The quantitative estimate of drug-likeness (QED) is 0.800. The molecule has 0 aromatic heterocycles. The van der Waals surface area contributed by atoms with E-state index < -0.39 is 10.0 Å². The first-order valence-corrected chi connectivity index (χ1v) is 11.0. The summed E-state index contributed by atoms with van der Waals surface area (Å²) >= 11 is 5.84. The van der Waals surface area contributed by atoms with E-state index in [4.69, 9.17) is 11.6 Å². The van der Waals surface area contributed by atoms with Gasteiger partial charge in [0, 0.05) is 37.1 Å². The third kappa shape index (κ3) is 4.57. The van der Waals surface area contributed by atoms with Crippen LogP contribution in [0.25, 0.3) is 0 Å². The van der Waals surface area contributed by atoms with Crippen LogP contribution in [-0.2, 0) is 14.8 Å². The summed E-state index contributed by atoms with van der Waals surface area (Å²) in [5, 5.41) is 0.508. The number of halogens is 1. The van der Waals surface area contributed by atoms with Crippen molar-refractivity contribution in [1.29, 1.82) is 0 Å². The minimum absolute atomic E-state index is 0.137. The number of amides is 1. The van der Waals surface area contributed by atoms with Crippen molar-refractivity contribution in [2.24, 2.45) is 5.92 Å². The fraction of sp³-hybridized carbons (Fsp3) is 0.611. The number of quaternary nitrogens is 1. The highest BCUT2D eigenvalue weighted by molar-refractivity contribution is 7.89. The van der Waals surface area contributed by atoms with Crippen LogP contribution in [0.5, 0.6) is 0 Å². The van der Waals surface area contributed by atoms with E-state index in [1.54, 1.807) is 17.0 Å². The number of carbonyl (C=O) groups is 1. The van der Waals surface area contributed by atoms with E-state index in [0.29, 0.717) is 43.7 Å². The number of likely N-dealkylation sites (tertiary alicyclic amines) is 1. The number of piperazine rings is 1. The summed E-state index contributed by atoms with van der Waals surface area (Å²) in [7, 11) is -3.53. The molecule has 2 saturated heterocycles. The van der Waals surface area contributed by atoms with Gasteiger partial charge in [-0.25, -0.2) is 8.42 Å². The largest absolute Gasteiger partial charge is 0.335 e. The number of hydrogen-bond acceptors (Lipinski definition) is 3. The molecule has 0 radical (unpaired) electrons. The molecule has 0 bridgehead atoms. The summed E-state index contributed by atoms with van der Waals surface area (Å²) < 4.78 is 26.9. The molecule has 1 aromatic rings. The Morgan fingerprint density at radius 2 is 1.85 bits per heavy atom. The van der Waals surface area contributed by atoms with E-state index in [-0.39, 0.29) is 10.8 Å². The van der Waals surface area contributed by atoms with Gasteiger partial charge in [-0.1, -0.05) is 18.5 Å². The first-order valence-electron chi connectivity index (χ1n) is 9.23. The van der Waals surface area contributed by atoms with Crippen LogP contribution in [0.1, 0.15) is 19.8 Å². The third-order valence-corrected chi connectivity index (χ3v) is 7.47. The standard InChI is InChI=1S/C18H26ClN3O3S/c1-15-3-2-8-20(13-15)14-18(23)21-9-11-22(12-10-21)26(24,25)17-6-4-16(19)5-7-17/h4-7,15H,2-3,8-14H2,1H3/p+1/t15-/m0/s1. The lowest BCUT2D eigenvalue weighted by molar-refractivity contribution is -0.900. The fourth-order valence-electron chi connectivity index (χ4n) is 3.82. The van der Waals surface area contributed by atoms with Crippen molar-refractivity contribution in [2.45, 2.75) is 24.7 Å². The molecule has 2 heterocycles.